The zero-order valence-corrected chi connectivity index (χ0v) is 11.4. The van der Waals surface area contributed by atoms with Crippen molar-refractivity contribution in [1.82, 2.24) is 4.90 Å². The Hall–Kier alpha value is -3.02. The van der Waals surface area contributed by atoms with Crippen molar-refractivity contribution in [3.05, 3.63) is 59.7 Å². The van der Waals surface area contributed by atoms with E-state index in [1.54, 1.807) is 0 Å². The summed E-state index contributed by atoms with van der Waals surface area (Å²) in [7, 11) is 0. The highest BCUT2D eigenvalue weighted by atomic mass is 16.6. The van der Waals surface area contributed by atoms with Gasteiger partial charge in [0, 0.05) is 12.2 Å². The van der Waals surface area contributed by atoms with Crippen LogP contribution in [0, 0.1) is 0 Å². The molecule has 1 aromatic rings. The molecule has 110 valence electrons. The van der Waals surface area contributed by atoms with E-state index in [0.29, 0.717) is 6.42 Å². The highest BCUT2D eigenvalue weighted by Gasteiger charge is 2.47. The second-order valence-corrected chi connectivity index (χ2v) is 4.84. The van der Waals surface area contributed by atoms with Crippen molar-refractivity contribution in [3.8, 4) is 0 Å². The predicted molar refractivity (Wildman–Crippen MR) is 74.1 cm³/mol. The molecule has 3 rings (SSSR count). The van der Waals surface area contributed by atoms with E-state index in [0.717, 1.165) is 22.6 Å². The van der Waals surface area contributed by atoms with Crippen LogP contribution in [0.3, 0.4) is 0 Å². The molecule has 2 aliphatic heterocycles. The Bertz CT molecular complexity index is 714. The third kappa shape index (κ3) is 2.35. The van der Waals surface area contributed by atoms with Gasteiger partial charge in [-0.1, -0.05) is 36.4 Å². The van der Waals surface area contributed by atoms with Gasteiger partial charge in [0.1, 0.15) is 0 Å². The maximum atomic E-state index is 11.8. The predicted octanol–water partition coefficient (Wildman–Crippen LogP) is 0.532. The maximum absolute atomic E-state index is 11.8. The summed E-state index contributed by atoms with van der Waals surface area (Å²) in [6.07, 6.45) is 4.03. The fourth-order valence-electron chi connectivity index (χ4n) is 2.39. The van der Waals surface area contributed by atoms with E-state index in [1.807, 2.05) is 30.3 Å². The molecule has 0 N–H and O–H groups in total. The minimum absolute atomic E-state index is 0.0132. The van der Waals surface area contributed by atoms with E-state index < -0.39 is 29.8 Å². The number of nitrogens with zero attached hydrogens (tertiary/aromatic N) is 1. The van der Waals surface area contributed by atoms with E-state index in [2.05, 4.69) is 4.74 Å². The van der Waals surface area contributed by atoms with Gasteiger partial charge in [0.15, 0.2) is 6.04 Å². The van der Waals surface area contributed by atoms with Gasteiger partial charge in [0.25, 0.3) is 11.8 Å². The molecule has 6 nitrogen and oxygen atoms in total. The normalized spacial score (nSPS) is 22.8. The number of hydrogen-bond donors (Lipinski definition) is 0. The zero-order valence-electron chi connectivity index (χ0n) is 11.4. The van der Waals surface area contributed by atoms with Gasteiger partial charge >= 0.3 is 11.9 Å². The molecule has 2 aliphatic rings. The minimum Gasteiger partial charge on any atom is -0.388 e. The third-order valence-corrected chi connectivity index (χ3v) is 3.45. The summed E-state index contributed by atoms with van der Waals surface area (Å²) < 4.78 is 4.56. The average molecular weight is 297 g/mol. The van der Waals surface area contributed by atoms with Crippen molar-refractivity contribution >= 4 is 23.8 Å². The number of carbonyl (C=O) groups excluding carboxylic acids is 4. The van der Waals surface area contributed by atoms with E-state index in [4.69, 9.17) is 0 Å². The van der Waals surface area contributed by atoms with Crippen molar-refractivity contribution in [2.24, 2.45) is 0 Å². The number of esters is 2. The Kier molecular flexibility index (Phi) is 3.42. The van der Waals surface area contributed by atoms with E-state index in [1.165, 1.54) is 6.08 Å². The largest absolute Gasteiger partial charge is 0.388 e. The Balaban J connectivity index is 1.90. The number of amides is 2. The Morgan fingerprint density at radius 2 is 1.64 bits per heavy atom. The lowest BCUT2D eigenvalue weighted by atomic mass is 10.0. The molecule has 2 heterocycles. The summed E-state index contributed by atoms with van der Waals surface area (Å²) in [5.41, 5.74) is 0.942. The van der Waals surface area contributed by atoms with Crippen LogP contribution in [0.15, 0.2) is 54.1 Å². The standard InChI is InChI=1S/C16H11NO5/c18-12-8-9-13(19)17(12)14-11(15(20)22-16(14)21)7-6-10-4-2-1-3-5-10/h1-5,7-9,14H,6H2. The molecular weight excluding hydrogens is 286 g/mol. The lowest BCUT2D eigenvalue weighted by Crippen LogP contribution is -2.43. The van der Waals surface area contributed by atoms with Crippen LogP contribution in [0.1, 0.15) is 5.56 Å². The van der Waals surface area contributed by atoms with E-state index >= 15 is 0 Å². The van der Waals surface area contributed by atoms with Gasteiger partial charge in [0.05, 0.1) is 5.57 Å². The topological polar surface area (TPSA) is 80.8 Å². The molecule has 1 atom stereocenters. The molecule has 0 saturated carbocycles. The SMILES string of the molecule is O=C1OC(=O)C(N2C(=O)C=CC2=O)C1=CCc1ccccc1. The molecule has 1 saturated heterocycles. The lowest BCUT2D eigenvalue weighted by molar-refractivity contribution is -0.156. The Morgan fingerprint density at radius 3 is 2.27 bits per heavy atom. The summed E-state index contributed by atoms with van der Waals surface area (Å²) in [6.45, 7) is 0. The van der Waals surface area contributed by atoms with Crippen molar-refractivity contribution in [1.29, 1.82) is 0 Å². The number of rotatable bonds is 3. The fourth-order valence-corrected chi connectivity index (χ4v) is 2.39. The number of benzene rings is 1. The quantitative estimate of drug-likeness (QED) is 0.352. The third-order valence-electron chi connectivity index (χ3n) is 3.45. The monoisotopic (exact) mass is 297 g/mol. The number of allylic oxidation sites excluding steroid dienone is 1. The minimum atomic E-state index is -1.30. The van der Waals surface area contributed by atoms with Crippen molar-refractivity contribution < 1.29 is 23.9 Å². The van der Waals surface area contributed by atoms with Crippen molar-refractivity contribution in [2.45, 2.75) is 12.5 Å². The fraction of sp³-hybridized carbons (Fsp3) is 0.125. The van der Waals surface area contributed by atoms with E-state index in [9.17, 15) is 19.2 Å². The van der Waals surface area contributed by atoms with Gasteiger partial charge < -0.3 is 4.74 Å². The highest BCUT2D eigenvalue weighted by Crippen LogP contribution is 2.25. The molecule has 0 bridgehead atoms. The first-order chi connectivity index (χ1) is 10.6. The molecule has 1 aromatic carbocycles. The smallest absolute Gasteiger partial charge is 0.344 e. The number of carbonyl (C=O) groups is 4. The first-order valence-electron chi connectivity index (χ1n) is 6.63. The van der Waals surface area contributed by atoms with Crippen molar-refractivity contribution in [3.63, 3.8) is 0 Å². The van der Waals surface area contributed by atoms with Crippen LogP contribution in [0.5, 0.6) is 0 Å². The molecule has 0 aromatic heterocycles. The summed E-state index contributed by atoms with van der Waals surface area (Å²) in [5.74, 6) is -2.99. The van der Waals surface area contributed by atoms with Crippen LogP contribution in [-0.4, -0.2) is 34.7 Å². The van der Waals surface area contributed by atoms with Crippen LogP contribution < -0.4 is 0 Å². The molecule has 22 heavy (non-hydrogen) atoms. The Morgan fingerprint density at radius 1 is 1.00 bits per heavy atom. The number of imide groups is 1. The van der Waals surface area contributed by atoms with Crippen LogP contribution in [0.2, 0.25) is 0 Å². The summed E-state index contributed by atoms with van der Waals surface area (Å²) >= 11 is 0. The van der Waals surface area contributed by atoms with Crippen LogP contribution >= 0.6 is 0 Å². The summed E-state index contributed by atoms with van der Waals surface area (Å²) in [6, 6.07) is 7.98. The number of hydrogen-bond acceptors (Lipinski definition) is 5. The lowest BCUT2D eigenvalue weighted by Gasteiger charge is -2.18. The first kappa shape index (κ1) is 13.9. The molecule has 0 radical (unpaired) electrons. The summed E-state index contributed by atoms with van der Waals surface area (Å²) in [4.78, 5) is 47.8. The van der Waals surface area contributed by atoms with Gasteiger partial charge in [-0.05, 0) is 12.0 Å². The second-order valence-electron chi connectivity index (χ2n) is 4.84. The average Bonchev–Trinajstić information content (AvgIpc) is 2.97. The van der Waals surface area contributed by atoms with Crippen LogP contribution in [0.4, 0.5) is 0 Å². The molecule has 2 amide bonds. The molecule has 6 heteroatoms. The number of cyclic esters (lactones) is 2. The van der Waals surface area contributed by atoms with Gasteiger partial charge in [0.2, 0.25) is 0 Å². The molecule has 1 fully saturated rings. The molecule has 1 unspecified atom stereocenters. The van der Waals surface area contributed by atoms with Crippen LogP contribution in [0.25, 0.3) is 0 Å². The van der Waals surface area contributed by atoms with Gasteiger partial charge in [-0.25, -0.2) is 9.59 Å². The molecule has 0 spiro atoms. The highest BCUT2D eigenvalue weighted by molar-refractivity contribution is 6.19. The van der Waals surface area contributed by atoms with Gasteiger partial charge in [-0.15, -0.1) is 0 Å². The molecule has 0 aliphatic carbocycles. The maximum Gasteiger partial charge on any atom is 0.344 e. The second kappa shape index (κ2) is 5.40. The summed E-state index contributed by atoms with van der Waals surface area (Å²) in [5, 5.41) is 0. The van der Waals surface area contributed by atoms with Gasteiger partial charge in [-0.3, -0.25) is 14.5 Å². The Labute approximate surface area is 125 Å². The van der Waals surface area contributed by atoms with Crippen molar-refractivity contribution in [2.75, 3.05) is 0 Å². The van der Waals surface area contributed by atoms with Crippen LogP contribution in [-0.2, 0) is 30.3 Å². The molecular formula is C16H11NO5. The first-order valence-corrected chi connectivity index (χ1v) is 6.63. The van der Waals surface area contributed by atoms with E-state index in [-0.39, 0.29) is 5.57 Å². The number of ether oxygens (including phenoxy) is 1. The van der Waals surface area contributed by atoms with Gasteiger partial charge in [-0.2, -0.15) is 0 Å². The zero-order chi connectivity index (χ0) is 15.7.